The van der Waals surface area contributed by atoms with Gasteiger partial charge >= 0.3 is 5.97 Å². The van der Waals surface area contributed by atoms with Crippen molar-refractivity contribution in [2.45, 2.75) is 159 Å². The first-order valence-electron chi connectivity index (χ1n) is 17.4. The minimum atomic E-state index is -1.72. The van der Waals surface area contributed by atoms with Crippen molar-refractivity contribution in [1.29, 1.82) is 0 Å². The Balaban J connectivity index is 1.48. The molecule has 0 aromatic heterocycles. The number of aliphatic hydroxyl groups is 8. The molecule has 13 nitrogen and oxygen atoms in total. The van der Waals surface area contributed by atoms with E-state index in [2.05, 4.69) is 0 Å². The molecule has 1 aliphatic heterocycles. The van der Waals surface area contributed by atoms with Crippen LogP contribution in [0, 0.1) is 28.6 Å². The van der Waals surface area contributed by atoms with Gasteiger partial charge in [0.25, 0.3) is 0 Å². The smallest absolute Gasteiger partial charge is 0.303 e. The first-order chi connectivity index (χ1) is 22.1. The maximum atomic E-state index is 13.6. The van der Waals surface area contributed by atoms with Crippen LogP contribution in [-0.4, -0.2) is 125 Å². The number of carbonyl (C=O) groups excluding carboxylic acids is 2. The van der Waals surface area contributed by atoms with Crippen molar-refractivity contribution < 1.29 is 64.7 Å². The number of aliphatic hydroxyl groups excluding tert-OH is 6. The Hall–Kier alpha value is -1.52. The minimum absolute atomic E-state index is 0.0943. The monoisotopic (exact) mass is 684 g/mol. The lowest BCUT2D eigenvalue weighted by Crippen LogP contribution is -2.64. The van der Waals surface area contributed by atoms with E-state index in [9.17, 15) is 50.4 Å². The third kappa shape index (κ3) is 6.09. The molecule has 0 bridgehead atoms. The van der Waals surface area contributed by atoms with Crippen molar-refractivity contribution in [2.75, 3.05) is 6.61 Å². The predicted molar refractivity (Wildman–Crippen MR) is 169 cm³/mol. The van der Waals surface area contributed by atoms with Crippen molar-refractivity contribution >= 4 is 11.8 Å². The number of carbonyl (C=O) groups is 2. The summed E-state index contributed by atoms with van der Waals surface area (Å²) >= 11 is 0. The van der Waals surface area contributed by atoms with Crippen LogP contribution in [0.15, 0.2) is 11.6 Å². The number of ether oxygens (including phenoxy) is 3. The van der Waals surface area contributed by atoms with Gasteiger partial charge in [-0.15, -0.1) is 0 Å². The Bertz CT molecular complexity index is 1260. The van der Waals surface area contributed by atoms with E-state index in [1.807, 2.05) is 13.8 Å². The second kappa shape index (κ2) is 12.9. The fourth-order valence-electron chi connectivity index (χ4n) is 10.3. The lowest BCUT2D eigenvalue weighted by Gasteiger charge is -2.61. The molecule has 0 aromatic carbocycles. The molecule has 15 atom stereocenters. The highest BCUT2D eigenvalue weighted by Crippen LogP contribution is 2.68. The molecular formula is C35H56O13. The number of hydrogen-bond donors (Lipinski definition) is 8. The third-order valence-corrected chi connectivity index (χ3v) is 13.1. The molecule has 0 spiro atoms. The van der Waals surface area contributed by atoms with Crippen LogP contribution >= 0.6 is 0 Å². The molecule has 3 saturated carbocycles. The summed E-state index contributed by atoms with van der Waals surface area (Å²) in [6, 6.07) is 0. The molecule has 0 aromatic rings. The summed E-state index contributed by atoms with van der Waals surface area (Å²) in [5.41, 5.74) is -5.15. The molecule has 4 aliphatic carbocycles. The van der Waals surface area contributed by atoms with Crippen molar-refractivity contribution in [1.82, 2.24) is 0 Å². The van der Waals surface area contributed by atoms with Crippen LogP contribution in [0.3, 0.4) is 0 Å². The molecule has 4 fully saturated rings. The molecule has 15 unspecified atom stereocenters. The van der Waals surface area contributed by atoms with Crippen LogP contribution in [0.1, 0.15) is 92.9 Å². The zero-order valence-corrected chi connectivity index (χ0v) is 28.9. The van der Waals surface area contributed by atoms with E-state index in [1.165, 1.54) is 6.92 Å². The Morgan fingerprint density at radius 3 is 2.31 bits per heavy atom. The van der Waals surface area contributed by atoms with Gasteiger partial charge in [0.2, 0.25) is 0 Å². The van der Waals surface area contributed by atoms with Gasteiger partial charge in [0.1, 0.15) is 30.0 Å². The molecule has 274 valence electrons. The third-order valence-electron chi connectivity index (χ3n) is 13.1. The van der Waals surface area contributed by atoms with Gasteiger partial charge in [-0.3, -0.25) is 9.59 Å². The van der Waals surface area contributed by atoms with Crippen LogP contribution in [0.5, 0.6) is 0 Å². The number of rotatable bonds is 9. The second-order valence-electron chi connectivity index (χ2n) is 16.5. The predicted octanol–water partition coefficient (Wildman–Crippen LogP) is 0.249. The Kier molecular flexibility index (Phi) is 10.1. The lowest BCUT2D eigenvalue weighted by atomic mass is 9.45. The van der Waals surface area contributed by atoms with E-state index < -0.39 is 101 Å². The van der Waals surface area contributed by atoms with Crippen LogP contribution in [0.2, 0.25) is 0 Å². The van der Waals surface area contributed by atoms with Gasteiger partial charge in [-0.05, 0) is 101 Å². The molecule has 0 radical (unpaired) electrons. The minimum Gasteiger partial charge on any atom is -0.460 e. The van der Waals surface area contributed by atoms with Crippen molar-refractivity contribution in [3.63, 3.8) is 0 Å². The number of allylic oxidation sites excluding steroid dienone is 1. The molecule has 1 saturated heterocycles. The summed E-state index contributed by atoms with van der Waals surface area (Å²) in [6.45, 7) is 9.52. The zero-order valence-electron chi connectivity index (χ0n) is 28.9. The quantitative estimate of drug-likeness (QED) is 0.153. The maximum Gasteiger partial charge on any atom is 0.303 e. The maximum absolute atomic E-state index is 13.6. The highest BCUT2D eigenvalue weighted by atomic mass is 16.7. The van der Waals surface area contributed by atoms with Crippen molar-refractivity contribution in [2.24, 2.45) is 28.6 Å². The van der Waals surface area contributed by atoms with Crippen LogP contribution in [0.4, 0.5) is 0 Å². The van der Waals surface area contributed by atoms with Gasteiger partial charge in [0.15, 0.2) is 12.1 Å². The molecule has 5 aliphatic rings. The van der Waals surface area contributed by atoms with Gasteiger partial charge in [-0.2, -0.15) is 0 Å². The topological polar surface area (TPSA) is 224 Å². The molecule has 48 heavy (non-hydrogen) atoms. The highest BCUT2D eigenvalue weighted by Gasteiger charge is 2.69. The fourth-order valence-corrected chi connectivity index (χ4v) is 10.3. The second-order valence-corrected chi connectivity index (χ2v) is 16.5. The zero-order chi connectivity index (χ0) is 35.8. The molecule has 1 heterocycles. The molecule has 13 heteroatoms. The molecule has 8 N–H and O–H groups in total. The molecule has 5 rings (SSSR count). The summed E-state index contributed by atoms with van der Waals surface area (Å²) in [6.07, 6.45) is -6.98. The van der Waals surface area contributed by atoms with Gasteiger partial charge < -0.3 is 55.1 Å². The van der Waals surface area contributed by atoms with E-state index in [1.54, 1.807) is 26.8 Å². The van der Waals surface area contributed by atoms with Crippen LogP contribution in [-0.2, 0) is 23.8 Å². The number of hydrogen-bond acceptors (Lipinski definition) is 13. The van der Waals surface area contributed by atoms with Crippen molar-refractivity contribution in [3.05, 3.63) is 11.6 Å². The van der Waals surface area contributed by atoms with E-state index >= 15 is 0 Å². The first-order valence-corrected chi connectivity index (χ1v) is 17.4. The van der Waals surface area contributed by atoms with Gasteiger partial charge in [-0.1, -0.05) is 13.8 Å². The Morgan fingerprint density at radius 2 is 1.69 bits per heavy atom. The Labute approximate surface area is 281 Å². The number of fused-ring (bicyclic) bond motifs is 5. The van der Waals surface area contributed by atoms with Crippen LogP contribution < -0.4 is 0 Å². The summed E-state index contributed by atoms with van der Waals surface area (Å²) in [5, 5.41) is 87.7. The van der Waals surface area contributed by atoms with E-state index in [-0.39, 0.29) is 43.8 Å². The number of esters is 1. The summed E-state index contributed by atoms with van der Waals surface area (Å²) in [5.74, 6) is -1.97. The van der Waals surface area contributed by atoms with E-state index in [4.69, 9.17) is 14.2 Å². The summed E-state index contributed by atoms with van der Waals surface area (Å²) < 4.78 is 17.4. The summed E-state index contributed by atoms with van der Waals surface area (Å²) in [4.78, 5) is 25.4. The van der Waals surface area contributed by atoms with Crippen LogP contribution in [0.25, 0.3) is 0 Å². The van der Waals surface area contributed by atoms with Gasteiger partial charge in [0.05, 0.1) is 36.1 Å². The molecule has 0 amide bonds. The number of ketones is 1. The van der Waals surface area contributed by atoms with E-state index in [0.717, 1.165) is 0 Å². The first kappa shape index (κ1) is 37.7. The standard InChI is InChI=1S/C35H56O13/c1-17(37)48-31(2,3)10-9-26(47-30-29(43)28(42)27(41)24(16-36)46-30)34(6,44)25-8-12-35(45)19-13-21(38)20-14-22(39)23(40)15-32(20,4)18(19)7-11-33(25,35)5/h13,18,20,22-30,36,39-45H,7-12,14-16H2,1-6H3. The SMILES string of the molecule is CC(=O)OC(C)(C)CCC(OC1OC(CO)C(O)C(O)C1O)C(C)(O)C1CCC2(O)C3=CC(=O)C4CC(O)C(O)CC4(C)C3CCC12C. The highest BCUT2D eigenvalue weighted by molar-refractivity contribution is 5.95. The van der Waals surface area contributed by atoms with E-state index in [0.29, 0.717) is 24.8 Å². The average molecular weight is 685 g/mol. The lowest BCUT2D eigenvalue weighted by molar-refractivity contribution is -0.328. The Morgan fingerprint density at radius 1 is 1.02 bits per heavy atom. The van der Waals surface area contributed by atoms with Gasteiger partial charge in [0, 0.05) is 18.3 Å². The fraction of sp³-hybridized carbons (Fsp3) is 0.886. The molecular weight excluding hydrogens is 628 g/mol. The van der Waals surface area contributed by atoms with Crippen molar-refractivity contribution in [3.8, 4) is 0 Å². The largest absolute Gasteiger partial charge is 0.460 e. The average Bonchev–Trinajstić information content (AvgIpc) is 3.27. The normalized spacial score (nSPS) is 46.5. The van der Waals surface area contributed by atoms with Gasteiger partial charge in [-0.25, -0.2) is 0 Å². The summed E-state index contributed by atoms with van der Waals surface area (Å²) in [7, 11) is 0.